The Hall–Kier alpha value is -0.940. The first-order chi connectivity index (χ1) is 10.3. The van der Waals surface area contributed by atoms with E-state index in [-0.39, 0.29) is 11.3 Å². The van der Waals surface area contributed by atoms with Crippen LogP contribution in [-0.2, 0) is 5.41 Å². The van der Waals surface area contributed by atoms with E-state index in [1.165, 1.54) is 19.3 Å². The molecule has 122 valence electrons. The van der Waals surface area contributed by atoms with Crippen molar-refractivity contribution in [3.05, 3.63) is 16.1 Å². The molecule has 22 heavy (non-hydrogen) atoms. The fourth-order valence-electron chi connectivity index (χ4n) is 3.97. The van der Waals surface area contributed by atoms with Gasteiger partial charge in [0.2, 0.25) is 0 Å². The number of amides is 1. The zero-order valence-electron chi connectivity index (χ0n) is 13.8. The van der Waals surface area contributed by atoms with E-state index in [1.54, 1.807) is 11.3 Å². The van der Waals surface area contributed by atoms with Crippen molar-refractivity contribution >= 4 is 17.2 Å². The van der Waals surface area contributed by atoms with Crippen LogP contribution >= 0.6 is 11.3 Å². The lowest BCUT2D eigenvalue weighted by atomic mass is 9.67. The van der Waals surface area contributed by atoms with Gasteiger partial charge in [0.25, 0.3) is 5.91 Å². The summed E-state index contributed by atoms with van der Waals surface area (Å²) in [7, 11) is 0. The van der Waals surface area contributed by atoms with Crippen molar-refractivity contribution in [3.63, 3.8) is 0 Å². The normalized spacial score (nSPS) is 31.8. The number of hydrogen-bond donors (Lipinski definition) is 2. The number of nitrogens with zero attached hydrogens (tertiary/aromatic N) is 1. The Morgan fingerprint density at radius 1 is 1.32 bits per heavy atom. The van der Waals surface area contributed by atoms with Gasteiger partial charge in [-0.25, -0.2) is 4.98 Å². The summed E-state index contributed by atoms with van der Waals surface area (Å²) in [6, 6.07) is 0.607. The molecule has 1 aromatic rings. The molecule has 1 aromatic heterocycles. The predicted octanol–water partition coefficient (Wildman–Crippen LogP) is 3.08. The first-order valence-corrected chi connectivity index (χ1v) is 9.25. The second-order valence-corrected chi connectivity index (χ2v) is 8.83. The summed E-state index contributed by atoms with van der Waals surface area (Å²) in [4.78, 5) is 17.1. The summed E-state index contributed by atoms with van der Waals surface area (Å²) in [6.45, 7) is 6.38. The number of fused-ring (bicyclic) bond motifs is 2. The molecular weight excluding hydrogens is 294 g/mol. The van der Waals surface area contributed by atoms with Crippen LogP contribution in [0.1, 0.15) is 68.4 Å². The fraction of sp³-hybridized carbons (Fsp3) is 0.765. The number of aromatic nitrogens is 1. The van der Waals surface area contributed by atoms with E-state index in [9.17, 15) is 4.79 Å². The first kappa shape index (κ1) is 15.9. The molecule has 0 spiro atoms. The van der Waals surface area contributed by atoms with Gasteiger partial charge in [0.15, 0.2) is 0 Å². The van der Waals surface area contributed by atoms with E-state index >= 15 is 0 Å². The van der Waals surface area contributed by atoms with Crippen molar-refractivity contribution in [2.75, 3.05) is 0 Å². The number of carbonyl (C=O) groups excluding carboxylic acids is 1. The number of hydrogen-bond acceptors (Lipinski definition) is 4. The van der Waals surface area contributed by atoms with E-state index in [0.717, 1.165) is 17.8 Å². The number of rotatable bonds is 2. The third-order valence-corrected chi connectivity index (χ3v) is 6.32. The van der Waals surface area contributed by atoms with Crippen molar-refractivity contribution in [2.24, 2.45) is 17.6 Å². The van der Waals surface area contributed by atoms with Crippen LogP contribution in [0.5, 0.6) is 0 Å². The quantitative estimate of drug-likeness (QED) is 0.879. The summed E-state index contributed by atoms with van der Waals surface area (Å²) < 4.78 is 0. The van der Waals surface area contributed by atoms with Gasteiger partial charge in [0.05, 0.1) is 5.01 Å². The Kier molecular flexibility index (Phi) is 4.29. The molecule has 2 saturated carbocycles. The third-order valence-electron chi connectivity index (χ3n) is 5.05. The number of carbonyl (C=O) groups is 1. The summed E-state index contributed by atoms with van der Waals surface area (Å²) >= 11 is 1.58. The first-order valence-electron chi connectivity index (χ1n) is 8.37. The molecule has 2 unspecified atom stereocenters. The topological polar surface area (TPSA) is 68.0 Å². The Morgan fingerprint density at radius 2 is 1.95 bits per heavy atom. The van der Waals surface area contributed by atoms with Crippen LogP contribution in [0.15, 0.2) is 5.38 Å². The second-order valence-electron chi connectivity index (χ2n) is 7.97. The van der Waals surface area contributed by atoms with E-state index in [0.29, 0.717) is 29.6 Å². The summed E-state index contributed by atoms with van der Waals surface area (Å²) in [5.41, 5.74) is 6.73. The molecule has 0 aromatic carbocycles. The summed E-state index contributed by atoms with van der Waals surface area (Å²) in [6.07, 6.45) is 5.76. The van der Waals surface area contributed by atoms with Crippen LogP contribution in [0.3, 0.4) is 0 Å². The Morgan fingerprint density at radius 3 is 2.50 bits per heavy atom. The van der Waals surface area contributed by atoms with Crippen LogP contribution in [-0.4, -0.2) is 23.0 Å². The maximum atomic E-state index is 12.6. The van der Waals surface area contributed by atoms with Gasteiger partial charge in [-0.1, -0.05) is 27.2 Å². The summed E-state index contributed by atoms with van der Waals surface area (Å²) in [5, 5.41) is 6.18. The van der Waals surface area contributed by atoms with Gasteiger partial charge in [-0.2, -0.15) is 0 Å². The van der Waals surface area contributed by atoms with Gasteiger partial charge in [-0.3, -0.25) is 4.79 Å². The van der Waals surface area contributed by atoms with Gasteiger partial charge in [0, 0.05) is 22.9 Å². The zero-order chi connectivity index (χ0) is 15.9. The standard InChI is InChI=1S/C17H27N3OS/c1-17(2,3)16-19-13(9-22-16)15(21)20-14-10-5-4-6-11(14)8-12(18)7-10/h9-12,14H,4-8,18H2,1-3H3,(H,20,21). The highest BCUT2D eigenvalue weighted by atomic mass is 32.1. The lowest BCUT2D eigenvalue weighted by Crippen LogP contribution is -2.53. The molecule has 4 nitrogen and oxygen atoms in total. The molecule has 0 radical (unpaired) electrons. The largest absolute Gasteiger partial charge is 0.347 e. The molecule has 2 bridgehead atoms. The molecular formula is C17H27N3OS. The fourth-order valence-corrected chi connectivity index (χ4v) is 4.86. The Bertz CT molecular complexity index is 534. The van der Waals surface area contributed by atoms with Gasteiger partial charge in [0.1, 0.15) is 5.69 Å². The number of nitrogens with two attached hydrogens (primary N) is 1. The molecule has 2 aliphatic rings. The Balaban J connectivity index is 1.70. The lowest BCUT2D eigenvalue weighted by molar-refractivity contribution is 0.0752. The van der Waals surface area contributed by atoms with Crippen molar-refractivity contribution in [1.29, 1.82) is 0 Å². The minimum atomic E-state index is -0.0101. The molecule has 2 aliphatic carbocycles. The predicted molar refractivity (Wildman–Crippen MR) is 90.1 cm³/mol. The molecule has 0 saturated heterocycles. The minimum absolute atomic E-state index is 0.00266. The highest BCUT2D eigenvalue weighted by Crippen LogP contribution is 2.39. The molecule has 1 amide bonds. The van der Waals surface area contributed by atoms with E-state index in [4.69, 9.17) is 5.73 Å². The molecule has 2 fully saturated rings. The van der Waals surface area contributed by atoms with E-state index < -0.39 is 0 Å². The van der Waals surface area contributed by atoms with Crippen LogP contribution in [0.2, 0.25) is 0 Å². The van der Waals surface area contributed by atoms with Gasteiger partial charge in [-0.15, -0.1) is 11.3 Å². The number of thiazole rings is 1. The maximum absolute atomic E-state index is 12.6. The van der Waals surface area contributed by atoms with Crippen molar-refractivity contribution < 1.29 is 4.79 Å². The van der Waals surface area contributed by atoms with Crippen LogP contribution in [0.4, 0.5) is 0 Å². The minimum Gasteiger partial charge on any atom is -0.347 e. The van der Waals surface area contributed by atoms with Crippen LogP contribution in [0.25, 0.3) is 0 Å². The lowest BCUT2D eigenvalue weighted by Gasteiger charge is -2.45. The maximum Gasteiger partial charge on any atom is 0.270 e. The highest BCUT2D eigenvalue weighted by Gasteiger charge is 2.40. The average molecular weight is 321 g/mol. The zero-order valence-corrected chi connectivity index (χ0v) is 14.6. The van der Waals surface area contributed by atoms with E-state index in [2.05, 4.69) is 31.1 Å². The highest BCUT2D eigenvalue weighted by molar-refractivity contribution is 7.10. The molecule has 3 N–H and O–H groups in total. The smallest absolute Gasteiger partial charge is 0.270 e. The van der Waals surface area contributed by atoms with Crippen molar-refractivity contribution in [2.45, 2.75) is 70.4 Å². The SMILES string of the molecule is CC(C)(C)c1nc(C(=O)NC2C3CCCC2CC(N)C3)cs1. The summed E-state index contributed by atoms with van der Waals surface area (Å²) in [5.74, 6) is 1.09. The number of nitrogens with one attached hydrogen (secondary N) is 1. The average Bonchev–Trinajstić information content (AvgIpc) is 2.89. The Labute approximate surface area is 136 Å². The van der Waals surface area contributed by atoms with Crippen LogP contribution < -0.4 is 11.1 Å². The van der Waals surface area contributed by atoms with Crippen molar-refractivity contribution in [3.8, 4) is 0 Å². The molecule has 5 heteroatoms. The molecule has 2 atom stereocenters. The monoisotopic (exact) mass is 321 g/mol. The third kappa shape index (κ3) is 3.20. The molecule has 1 heterocycles. The van der Waals surface area contributed by atoms with Gasteiger partial charge >= 0.3 is 0 Å². The van der Waals surface area contributed by atoms with Crippen molar-refractivity contribution in [1.82, 2.24) is 10.3 Å². The van der Waals surface area contributed by atoms with Crippen LogP contribution in [0, 0.1) is 11.8 Å². The van der Waals surface area contributed by atoms with Gasteiger partial charge < -0.3 is 11.1 Å². The molecule has 3 rings (SSSR count). The second kappa shape index (κ2) is 5.93. The molecule has 0 aliphatic heterocycles. The van der Waals surface area contributed by atoms with E-state index in [1.807, 2.05) is 5.38 Å². The van der Waals surface area contributed by atoms with Gasteiger partial charge in [-0.05, 0) is 37.5 Å².